The first-order chi connectivity index (χ1) is 15.1. The summed E-state index contributed by atoms with van der Waals surface area (Å²) in [4.78, 5) is 23.4. The fourth-order valence-electron chi connectivity index (χ4n) is 4.45. The minimum atomic E-state index is 0.311. The number of morpholine rings is 1. The van der Waals surface area contributed by atoms with Gasteiger partial charge in [0.25, 0.3) is 0 Å². The average molecular weight is 416 g/mol. The Hall–Kier alpha value is -3.10. The second-order valence-corrected chi connectivity index (χ2v) is 8.42. The molecule has 0 N–H and O–H groups in total. The van der Waals surface area contributed by atoms with Gasteiger partial charge in [0, 0.05) is 44.7 Å². The van der Waals surface area contributed by atoms with E-state index in [9.17, 15) is 0 Å². The number of aryl methyl sites for hydroxylation is 1. The van der Waals surface area contributed by atoms with Crippen molar-refractivity contribution < 1.29 is 9.15 Å². The maximum Gasteiger partial charge on any atom is 0.192 e. The van der Waals surface area contributed by atoms with E-state index in [4.69, 9.17) is 19.1 Å². The van der Waals surface area contributed by atoms with Gasteiger partial charge in [-0.15, -0.1) is 0 Å². The van der Waals surface area contributed by atoms with E-state index in [0.717, 1.165) is 66.5 Å². The predicted octanol–water partition coefficient (Wildman–Crippen LogP) is 3.05. The molecule has 5 heterocycles. The van der Waals surface area contributed by atoms with E-state index in [0.29, 0.717) is 23.7 Å². The SMILES string of the molecule is Cc1nc2cc(-c3ccc4ncc(N5CC(N6CCOC(C)C6)C5)nc4n3)ccc2o1. The molecule has 0 amide bonds. The van der Waals surface area contributed by atoms with Crippen LogP contribution in [0.3, 0.4) is 0 Å². The van der Waals surface area contributed by atoms with E-state index < -0.39 is 0 Å². The fraction of sp³-hybridized carbons (Fsp3) is 0.391. The van der Waals surface area contributed by atoms with Crippen LogP contribution in [-0.2, 0) is 4.74 Å². The number of pyridine rings is 1. The van der Waals surface area contributed by atoms with E-state index in [1.165, 1.54) is 0 Å². The summed E-state index contributed by atoms with van der Waals surface area (Å²) in [6, 6.07) is 10.4. The van der Waals surface area contributed by atoms with E-state index in [2.05, 4.69) is 26.7 Å². The molecule has 0 saturated carbocycles. The van der Waals surface area contributed by atoms with Gasteiger partial charge in [-0.25, -0.2) is 19.9 Å². The van der Waals surface area contributed by atoms with Gasteiger partial charge in [0.1, 0.15) is 16.9 Å². The number of anilines is 1. The topological polar surface area (TPSA) is 80.4 Å². The van der Waals surface area contributed by atoms with E-state index in [1.807, 2.05) is 43.5 Å². The number of hydrogen-bond acceptors (Lipinski definition) is 8. The Bertz CT molecular complexity index is 1270. The Balaban J connectivity index is 1.24. The van der Waals surface area contributed by atoms with Crippen LogP contribution < -0.4 is 4.90 Å². The molecule has 0 spiro atoms. The summed E-state index contributed by atoms with van der Waals surface area (Å²) in [5, 5.41) is 0. The summed E-state index contributed by atoms with van der Waals surface area (Å²) in [6.07, 6.45) is 2.16. The highest BCUT2D eigenvalue weighted by Gasteiger charge is 2.34. The summed E-state index contributed by atoms with van der Waals surface area (Å²) < 4.78 is 11.2. The second kappa shape index (κ2) is 7.25. The maximum absolute atomic E-state index is 5.66. The van der Waals surface area contributed by atoms with Gasteiger partial charge in [0.15, 0.2) is 17.1 Å². The monoisotopic (exact) mass is 416 g/mol. The zero-order valence-electron chi connectivity index (χ0n) is 17.7. The predicted molar refractivity (Wildman–Crippen MR) is 118 cm³/mol. The van der Waals surface area contributed by atoms with Crippen molar-refractivity contribution in [1.82, 2.24) is 24.8 Å². The second-order valence-electron chi connectivity index (χ2n) is 8.42. The quantitative estimate of drug-likeness (QED) is 0.504. The molecule has 8 heteroatoms. The van der Waals surface area contributed by atoms with Crippen LogP contribution in [0.5, 0.6) is 0 Å². The molecule has 0 radical (unpaired) electrons. The molecule has 2 fully saturated rings. The molecule has 158 valence electrons. The van der Waals surface area contributed by atoms with Crippen molar-refractivity contribution in [3.05, 3.63) is 42.4 Å². The molecule has 0 aliphatic carbocycles. The standard InChI is InChI=1S/C23H24N6O2/c1-14-11-28(7-8-30-14)17-12-29(13-17)22-10-24-19-5-4-18(26-23(19)27-22)16-3-6-21-20(9-16)25-15(2)31-21/h3-6,9-10,14,17H,7-8,11-13H2,1-2H3. The molecule has 31 heavy (non-hydrogen) atoms. The van der Waals surface area contributed by atoms with Gasteiger partial charge in [-0.1, -0.05) is 0 Å². The first-order valence-corrected chi connectivity index (χ1v) is 10.7. The lowest BCUT2D eigenvalue weighted by Gasteiger charge is -2.47. The maximum atomic E-state index is 5.66. The molecule has 4 aromatic rings. The normalized spacial score (nSPS) is 20.5. The lowest BCUT2D eigenvalue weighted by molar-refractivity contribution is -0.0381. The molecule has 8 nitrogen and oxygen atoms in total. The number of aromatic nitrogens is 4. The van der Waals surface area contributed by atoms with Crippen molar-refractivity contribution in [3.8, 4) is 11.3 Å². The van der Waals surface area contributed by atoms with E-state index >= 15 is 0 Å². The largest absolute Gasteiger partial charge is 0.441 e. The molecular weight excluding hydrogens is 392 g/mol. The van der Waals surface area contributed by atoms with Crippen LogP contribution in [0, 0.1) is 6.92 Å². The van der Waals surface area contributed by atoms with Crippen molar-refractivity contribution in [3.63, 3.8) is 0 Å². The lowest BCUT2D eigenvalue weighted by Crippen LogP contribution is -2.62. The molecular formula is C23H24N6O2. The van der Waals surface area contributed by atoms with Crippen LogP contribution in [0.25, 0.3) is 33.5 Å². The summed E-state index contributed by atoms with van der Waals surface area (Å²) in [5.41, 5.74) is 4.91. The van der Waals surface area contributed by atoms with Gasteiger partial charge in [-0.3, -0.25) is 4.90 Å². The number of nitrogens with zero attached hydrogens (tertiary/aromatic N) is 6. The Morgan fingerprint density at radius 1 is 1.00 bits per heavy atom. The first kappa shape index (κ1) is 18.7. The highest BCUT2D eigenvalue weighted by atomic mass is 16.5. The smallest absolute Gasteiger partial charge is 0.192 e. The molecule has 3 aromatic heterocycles. The summed E-state index contributed by atoms with van der Waals surface area (Å²) in [7, 11) is 0. The molecule has 6 rings (SSSR count). The summed E-state index contributed by atoms with van der Waals surface area (Å²) in [6.45, 7) is 8.76. The third kappa shape index (κ3) is 3.41. The Kier molecular flexibility index (Phi) is 4.36. The van der Waals surface area contributed by atoms with Gasteiger partial charge < -0.3 is 14.1 Å². The van der Waals surface area contributed by atoms with E-state index in [-0.39, 0.29) is 0 Å². The van der Waals surface area contributed by atoms with Crippen LogP contribution in [0.2, 0.25) is 0 Å². The van der Waals surface area contributed by atoms with Gasteiger partial charge in [-0.05, 0) is 37.3 Å². The summed E-state index contributed by atoms with van der Waals surface area (Å²) >= 11 is 0. The van der Waals surface area contributed by atoms with Gasteiger partial charge >= 0.3 is 0 Å². The Labute approximate surface area is 179 Å². The van der Waals surface area contributed by atoms with Crippen LogP contribution in [0.4, 0.5) is 5.82 Å². The number of hydrogen-bond donors (Lipinski definition) is 0. The van der Waals surface area contributed by atoms with Crippen molar-refractivity contribution in [2.75, 3.05) is 37.7 Å². The molecule has 0 bridgehead atoms. The van der Waals surface area contributed by atoms with Gasteiger partial charge in [-0.2, -0.15) is 0 Å². The zero-order chi connectivity index (χ0) is 20.9. The third-order valence-corrected chi connectivity index (χ3v) is 6.16. The van der Waals surface area contributed by atoms with Crippen molar-refractivity contribution in [1.29, 1.82) is 0 Å². The minimum absolute atomic E-state index is 0.311. The van der Waals surface area contributed by atoms with Crippen LogP contribution in [0.15, 0.2) is 40.9 Å². The highest BCUT2D eigenvalue weighted by molar-refractivity contribution is 5.81. The summed E-state index contributed by atoms with van der Waals surface area (Å²) in [5.74, 6) is 1.55. The number of benzene rings is 1. The van der Waals surface area contributed by atoms with Crippen molar-refractivity contribution in [2.24, 2.45) is 0 Å². The van der Waals surface area contributed by atoms with E-state index in [1.54, 1.807) is 0 Å². The van der Waals surface area contributed by atoms with Crippen LogP contribution >= 0.6 is 0 Å². The number of oxazole rings is 1. The Morgan fingerprint density at radius 2 is 1.90 bits per heavy atom. The fourth-order valence-corrected chi connectivity index (χ4v) is 4.45. The zero-order valence-corrected chi connectivity index (χ0v) is 17.7. The molecule has 1 unspecified atom stereocenters. The van der Waals surface area contributed by atoms with Crippen LogP contribution in [-0.4, -0.2) is 69.8 Å². The number of fused-ring (bicyclic) bond motifs is 2. The van der Waals surface area contributed by atoms with Crippen molar-refractivity contribution in [2.45, 2.75) is 26.0 Å². The van der Waals surface area contributed by atoms with Gasteiger partial charge in [0.2, 0.25) is 0 Å². The van der Waals surface area contributed by atoms with Crippen LogP contribution in [0.1, 0.15) is 12.8 Å². The van der Waals surface area contributed by atoms with Gasteiger partial charge in [0.05, 0.1) is 24.6 Å². The highest BCUT2D eigenvalue weighted by Crippen LogP contribution is 2.27. The number of ether oxygens (including phenoxy) is 1. The molecule has 1 aromatic carbocycles. The third-order valence-electron chi connectivity index (χ3n) is 6.16. The Morgan fingerprint density at radius 3 is 2.77 bits per heavy atom. The molecule has 2 saturated heterocycles. The lowest BCUT2D eigenvalue weighted by atomic mass is 10.1. The average Bonchev–Trinajstić information content (AvgIpc) is 3.11. The van der Waals surface area contributed by atoms with Crippen molar-refractivity contribution >= 4 is 28.1 Å². The first-order valence-electron chi connectivity index (χ1n) is 10.7. The molecule has 2 aliphatic rings. The molecule has 2 aliphatic heterocycles. The number of rotatable bonds is 3. The minimum Gasteiger partial charge on any atom is -0.441 e. The molecule has 1 atom stereocenters.